The third-order valence-corrected chi connectivity index (χ3v) is 3.85. The van der Waals surface area contributed by atoms with Gasteiger partial charge in [0, 0.05) is 24.0 Å². The van der Waals surface area contributed by atoms with Crippen molar-refractivity contribution in [3.63, 3.8) is 0 Å². The molecule has 0 radical (unpaired) electrons. The van der Waals surface area contributed by atoms with Crippen molar-refractivity contribution in [2.24, 2.45) is 0 Å². The number of benzene rings is 1. The standard InChI is InChI=1S/C19H23NO.C2H4/c1-4-5-7-12-18-15(2)20(14-19(18)16(3)21)13-17-10-8-6-9-11-17;1-2/h4-6,8-11,14H,7,12-13H2,1-3H3;1-2H2/b5-4-;. The summed E-state index contributed by atoms with van der Waals surface area (Å²) in [6.07, 6.45) is 8.12. The smallest absolute Gasteiger partial charge is 0.161 e. The second-order valence-corrected chi connectivity index (χ2v) is 5.38. The minimum Gasteiger partial charge on any atom is -0.346 e. The van der Waals surface area contributed by atoms with E-state index in [0.29, 0.717) is 0 Å². The third kappa shape index (κ3) is 5.10. The van der Waals surface area contributed by atoms with Crippen LogP contribution in [0.15, 0.2) is 61.8 Å². The van der Waals surface area contributed by atoms with E-state index in [1.165, 1.54) is 16.8 Å². The van der Waals surface area contributed by atoms with Crippen LogP contribution in [0.1, 0.15) is 47.4 Å². The molecule has 0 saturated carbocycles. The number of hydrogen-bond donors (Lipinski definition) is 0. The van der Waals surface area contributed by atoms with Gasteiger partial charge in [-0.2, -0.15) is 0 Å². The van der Waals surface area contributed by atoms with Crippen LogP contribution in [-0.4, -0.2) is 10.4 Å². The van der Waals surface area contributed by atoms with Crippen LogP contribution >= 0.6 is 0 Å². The lowest BCUT2D eigenvalue weighted by atomic mass is 10.0. The van der Waals surface area contributed by atoms with Crippen LogP contribution in [-0.2, 0) is 13.0 Å². The summed E-state index contributed by atoms with van der Waals surface area (Å²) in [5.74, 6) is 0.153. The summed E-state index contributed by atoms with van der Waals surface area (Å²) in [6, 6.07) is 10.4. The van der Waals surface area contributed by atoms with Gasteiger partial charge in [0.1, 0.15) is 0 Å². The number of aromatic nitrogens is 1. The van der Waals surface area contributed by atoms with Crippen molar-refractivity contribution in [1.82, 2.24) is 4.57 Å². The Hall–Kier alpha value is -2.35. The fourth-order valence-corrected chi connectivity index (χ4v) is 2.66. The van der Waals surface area contributed by atoms with E-state index in [9.17, 15) is 4.79 Å². The molecule has 122 valence electrons. The molecule has 1 aromatic carbocycles. The van der Waals surface area contributed by atoms with Crippen molar-refractivity contribution < 1.29 is 4.79 Å². The summed E-state index contributed by atoms with van der Waals surface area (Å²) in [7, 11) is 0. The first kappa shape index (κ1) is 18.7. The fraction of sp³-hybridized carbons (Fsp3) is 0.286. The highest BCUT2D eigenvalue weighted by molar-refractivity contribution is 5.95. The van der Waals surface area contributed by atoms with Gasteiger partial charge in [-0.05, 0) is 44.7 Å². The van der Waals surface area contributed by atoms with Gasteiger partial charge in [0.05, 0.1) is 0 Å². The van der Waals surface area contributed by atoms with Gasteiger partial charge in [-0.25, -0.2) is 0 Å². The molecule has 2 rings (SSSR count). The number of carbonyl (C=O) groups excluding carboxylic acids is 1. The summed E-state index contributed by atoms with van der Waals surface area (Å²) in [5, 5.41) is 0. The van der Waals surface area contributed by atoms with E-state index in [0.717, 1.165) is 24.9 Å². The summed E-state index contributed by atoms with van der Waals surface area (Å²) in [5.41, 5.74) is 4.52. The molecule has 0 unspecified atom stereocenters. The molecule has 0 aliphatic carbocycles. The maximum Gasteiger partial charge on any atom is 0.161 e. The molecule has 0 spiro atoms. The highest BCUT2D eigenvalue weighted by Gasteiger charge is 2.15. The fourth-order valence-electron chi connectivity index (χ4n) is 2.66. The molecule has 1 heterocycles. The molecule has 0 aliphatic rings. The molecule has 0 N–H and O–H groups in total. The van der Waals surface area contributed by atoms with Crippen LogP contribution in [0.5, 0.6) is 0 Å². The minimum absolute atomic E-state index is 0.153. The average molecular weight is 309 g/mol. The lowest BCUT2D eigenvalue weighted by Crippen LogP contribution is -2.01. The van der Waals surface area contributed by atoms with Gasteiger partial charge in [0.15, 0.2) is 5.78 Å². The highest BCUT2D eigenvalue weighted by atomic mass is 16.1. The van der Waals surface area contributed by atoms with Gasteiger partial charge >= 0.3 is 0 Å². The van der Waals surface area contributed by atoms with Crippen molar-refractivity contribution in [2.45, 2.75) is 40.2 Å². The summed E-state index contributed by atoms with van der Waals surface area (Å²) in [6.45, 7) is 12.6. The zero-order valence-corrected chi connectivity index (χ0v) is 14.5. The maximum absolute atomic E-state index is 11.9. The molecule has 0 saturated heterocycles. The van der Waals surface area contributed by atoms with Gasteiger partial charge in [-0.1, -0.05) is 42.5 Å². The van der Waals surface area contributed by atoms with E-state index in [4.69, 9.17) is 0 Å². The zero-order chi connectivity index (χ0) is 17.2. The molecule has 0 bridgehead atoms. The minimum atomic E-state index is 0.153. The Morgan fingerprint density at radius 1 is 1.22 bits per heavy atom. The predicted molar refractivity (Wildman–Crippen MR) is 99.1 cm³/mol. The Kier molecular flexibility index (Phi) is 7.82. The van der Waals surface area contributed by atoms with E-state index >= 15 is 0 Å². The molecular weight excluding hydrogens is 282 g/mol. The van der Waals surface area contributed by atoms with Crippen molar-refractivity contribution in [1.29, 1.82) is 0 Å². The van der Waals surface area contributed by atoms with Crippen molar-refractivity contribution >= 4 is 5.78 Å². The number of ketones is 1. The number of hydrogen-bond acceptors (Lipinski definition) is 1. The molecule has 2 nitrogen and oxygen atoms in total. The average Bonchev–Trinajstić information content (AvgIpc) is 2.88. The summed E-state index contributed by atoms with van der Waals surface area (Å²) in [4.78, 5) is 11.9. The van der Waals surface area contributed by atoms with Gasteiger partial charge in [0.2, 0.25) is 0 Å². The summed E-state index contributed by atoms with van der Waals surface area (Å²) >= 11 is 0. The van der Waals surface area contributed by atoms with Crippen LogP contribution in [0.25, 0.3) is 0 Å². The van der Waals surface area contributed by atoms with Crippen LogP contribution in [0.4, 0.5) is 0 Å². The number of nitrogens with zero attached hydrogens (tertiary/aromatic N) is 1. The molecule has 2 heteroatoms. The molecule has 0 atom stereocenters. The molecule has 0 amide bonds. The third-order valence-electron chi connectivity index (χ3n) is 3.85. The lowest BCUT2D eigenvalue weighted by molar-refractivity contribution is 0.101. The number of rotatable bonds is 6. The van der Waals surface area contributed by atoms with Gasteiger partial charge in [-0.15, -0.1) is 13.2 Å². The second-order valence-electron chi connectivity index (χ2n) is 5.38. The molecule has 1 aromatic heterocycles. The largest absolute Gasteiger partial charge is 0.346 e. The Labute approximate surface area is 140 Å². The quantitative estimate of drug-likeness (QED) is 0.520. The number of carbonyl (C=O) groups is 1. The van der Waals surface area contributed by atoms with Crippen molar-refractivity contribution in [2.75, 3.05) is 0 Å². The van der Waals surface area contributed by atoms with Gasteiger partial charge in [0.25, 0.3) is 0 Å². The molecular formula is C21H27NO. The predicted octanol–water partition coefficient (Wildman–Crippen LogP) is 5.36. The van der Waals surface area contributed by atoms with E-state index in [-0.39, 0.29) is 5.78 Å². The zero-order valence-electron chi connectivity index (χ0n) is 14.5. The van der Waals surface area contributed by atoms with E-state index < -0.39 is 0 Å². The number of allylic oxidation sites excluding steroid dienone is 2. The van der Waals surface area contributed by atoms with Crippen molar-refractivity contribution in [3.05, 3.63) is 84.2 Å². The normalized spacial score (nSPS) is 10.4. The number of Topliss-reactive ketones (excluding diaryl/α,β-unsaturated/α-hetero) is 1. The monoisotopic (exact) mass is 309 g/mol. The Bertz CT molecular complexity index is 650. The first-order chi connectivity index (χ1) is 11.1. The molecule has 2 aromatic rings. The first-order valence-corrected chi connectivity index (χ1v) is 7.98. The molecule has 0 fully saturated rings. The topological polar surface area (TPSA) is 22.0 Å². The second kappa shape index (κ2) is 9.62. The van der Waals surface area contributed by atoms with Crippen molar-refractivity contribution in [3.8, 4) is 0 Å². The molecule has 23 heavy (non-hydrogen) atoms. The Morgan fingerprint density at radius 3 is 2.43 bits per heavy atom. The molecule has 0 aliphatic heterocycles. The Balaban J connectivity index is 0.00000127. The van der Waals surface area contributed by atoms with Crippen LogP contribution in [0.2, 0.25) is 0 Å². The van der Waals surface area contributed by atoms with Gasteiger partial charge in [-0.3, -0.25) is 4.79 Å². The van der Waals surface area contributed by atoms with Crippen LogP contribution in [0.3, 0.4) is 0 Å². The Morgan fingerprint density at radius 2 is 1.87 bits per heavy atom. The van der Waals surface area contributed by atoms with Crippen LogP contribution in [0, 0.1) is 6.92 Å². The van der Waals surface area contributed by atoms with E-state index in [2.05, 4.69) is 48.9 Å². The SMILES string of the molecule is C/C=C\CCc1c(C(C)=O)cn(Cc2ccccc2)c1C.C=C. The van der Waals surface area contributed by atoms with Gasteiger partial charge < -0.3 is 4.57 Å². The van der Waals surface area contributed by atoms with Crippen LogP contribution < -0.4 is 0 Å². The highest BCUT2D eigenvalue weighted by Crippen LogP contribution is 2.21. The summed E-state index contributed by atoms with van der Waals surface area (Å²) < 4.78 is 2.19. The first-order valence-electron chi connectivity index (χ1n) is 7.98. The van der Waals surface area contributed by atoms with E-state index in [1.54, 1.807) is 6.92 Å². The van der Waals surface area contributed by atoms with E-state index in [1.807, 2.05) is 31.3 Å². The maximum atomic E-state index is 11.9. The lowest BCUT2D eigenvalue weighted by Gasteiger charge is -2.07.